The molecular weight excluding hydrogens is 1220 g/mol. The Bertz CT molecular complexity index is 2880. The summed E-state index contributed by atoms with van der Waals surface area (Å²) in [5.41, 5.74) is -3.20. The molecule has 1 fully saturated rings. The van der Waals surface area contributed by atoms with Crippen LogP contribution in [0.5, 0.6) is 5.75 Å². The lowest BCUT2D eigenvalue weighted by molar-refractivity contribution is -0.195. The van der Waals surface area contributed by atoms with E-state index in [1.54, 1.807) is 60.6 Å². The van der Waals surface area contributed by atoms with Crippen LogP contribution in [0.2, 0.25) is 0 Å². The molecule has 26 heteroatoms. The predicted molar refractivity (Wildman–Crippen MR) is 361 cm³/mol. The summed E-state index contributed by atoms with van der Waals surface area (Å²) < 4.78 is 6.32. The van der Waals surface area contributed by atoms with Gasteiger partial charge in [-0.05, 0) is 107 Å². The molecule has 1 aliphatic heterocycles. The molecule has 0 saturated carbocycles. The van der Waals surface area contributed by atoms with Gasteiger partial charge in [-0.2, -0.15) is 0 Å². The minimum atomic E-state index is -2.78. The number of benzene rings is 1. The van der Waals surface area contributed by atoms with Crippen LogP contribution >= 0.6 is 0 Å². The van der Waals surface area contributed by atoms with E-state index in [9.17, 15) is 48.6 Å². The van der Waals surface area contributed by atoms with Crippen molar-refractivity contribution in [2.75, 3.05) is 55.9 Å². The number of aliphatic hydroxyl groups is 1. The molecule has 6 N–H and O–H groups in total. The number of phenolic OH excluding ortho intramolecular Hbond substituents is 1. The van der Waals surface area contributed by atoms with Crippen LogP contribution in [0.4, 0.5) is 0 Å². The molecule has 11 amide bonds. The van der Waals surface area contributed by atoms with Crippen molar-refractivity contribution < 1.29 is 72.5 Å². The first-order valence-electron chi connectivity index (χ1n) is 33.4. The highest BCUT2D eigenvalue weighted by Crippen LogP contribution is 2.35. The van der Waals surface area contributed by atoms with Gasteiger partial charge in [-0.3, -0.25) is 57.6 Å². The molecule has 12 atom stereocenters. The molecule has 0 aromatic heterocycles. The summed E-state index contributed by atoms with van der Waals surface area (Å²) in [6.07, 6.45) is 2.02. The molecule has 0 spiro atoms. The summed E-state index contributed by atoms with van der Waals surface area (Å²) in [7, 11) is 9.19. The van der Waals surface area contributed by atoms with Gasteiger partial charge in [0, 0.05) is 55.3 Å². The number of hydrogen-bond donors (Lipinski definition) is 6. The van der Waals surface area contributed by atoms with Crippen LogP contribution in [0, 0.1) is 41.4 Å². The number of ether oxygens (including phenoxy) is 1. The summed E-state index contributed by atoms with van der Waals surface area (Å²) in [6, 6.07) is -6.97. The molecule has 1 saturated heterocycles. The van der Waals surface area contributed by atoms with Crippen LogP contribution in [-0.4, -0.2) is 238 Å². The van der Waals surface area contributed by atoms with Crippen LogP contribution < -0.4 is 21.3 Å². The highest BCUT2D eigenvalue weighted by Gasteiger charge is 2.57. The van der Waals surface area contributed by atoms with Gasteiger partial charge >= 0.3 is 5.97 Å². The number of esters is 1. The largest absolute Gasteiger partial charge is 0.507 e. The van der Waals surface area contributed by atoms with Crippen LogP contribution in [0.15, 0.2) is 36.4 Å². The number of allylic oxidation sites excluding steroid dienone is 2. The smallest absolute Gasteiger partial charge is 0.344 e. The Morgan fingerprint density at radius 1 is 0.579 bits per heavy atom. The molecular formula is C69H115N11O15. The average molecular weight is 1340 g/mol. The Morgan fingerprint density at radius 2 is 1.04 bits per heavy atom. The molecule has 1 aromatic rings. The van der Waals surface area contributed by atoms with Gasteiger partial charge in [0.05, 0.1) is 12.6 Å². The number of para-hydroxylation sites is 1. The molecule has 0 bridgehead atoms. The number of nitrogens with one attached hydrogen (secondary N) is 4. The number of aliphatic hydroxyl groups excluding tert-OH is 1. The third-order valence-electron chi connectivity index (χ3n) is 17.7. The van der Waals surface area contributed by atoms with Gasteiger partial charge in [0.15, 0.2) is 0 Å². The van der Waals surface area contributed by atoms with Gasteiger partial charge in [-0.15, -0.1) is 0 Å². The number of carbonyl (C=O) groups excluding carboxylic acids is 12. The summed E-state index contributed by atoms with van der Waals surface area (Å²) >= 11 is 0. The van der Waals surface area contributed by atoms with E-state index >= 15 is 19.2 Å². The van der Waals surface area contributed by atoms with E-state index in [1.165, 1.54) is 104 Å². The number of nitrogens with zero attached hydrogens (tertiary/aromatic N) is 7. The zero-order valence-corrected chi connectivity index (χ0v) is 61.1. The fourth-order valence-electron chi connectivity index (χ4n) is 11.7. The van der Waals surface area contributed by atoms with E-state index in [1.807, 2.05) is 41.5 Å². The Morgan fingerprint density at radius 3 is 1.53 bits per heavy atom. The zero-order chi connectivity index (χ0) is 73.2. The number of amides is 11. The summed E-state index contributed by atoms with van der Waals surface area (Å²) in [5.74, 6) is -14.4. The first-order valence-corrected chi connectivity index (χ1v) is 33.4. The Balaban J connectivity index is 3.21. The first kappa shape index (κ1) is 83.5. The maximum absolute atomic E-state index is 16.2. The summed E-state index contributed by atoms with van der Waals surface area (Å²) in [4.78, 5) is 186. The third kappa shape index (κ3) is 21.7. The highest BCUT2D eigenvalue weighted by molar-refractivity contribution is 6.02. The number of hydrogen-bond acceptors (Lipinski definition) is 15. The summed E-state index contributed by atoms with van der Waals surface area (Å²) in [6.45, 7) is 28.0. The molecule has 1 aromatic carbocycles. The zero-order valence-electron chi connectivity index (χ0n) is 61.1. The van der Waals surface area contributed by atoms with Crippen molar-refractivity contribution in [1.29, 1.82) is 0 Å². The number of rotatable bonds is 17. The van der Waals surface area contributed by atoms with Gasteiger partial charge in [0.2, 0.25) is 59.1 Å². The maximum atomic E-state index is 16.2. The number of phenols is 1. The van der Waals surface area contributed by atoms with E-state index in [-0.39, 0.29) is 62.2 Å². The van der Waals surface area contributed by atoms with Gasteiger partial charge in [-0.1, -0.05) is 121 Å². The quantitative estimate of drug-likeness (QED) is 0.0942. The standard InChI is InChI=1S/C69H115N11O15/c1-25-27-30-44(15)57(83)56-61(87)72-48(26-2)63(89)74(18)37-54(82)75(19)49(33-38(3)4)60(86)73-55(42(11)12)66(92)76(20)50(34-39(5)6)59(85)70-45(16)58(84)71-46(17)62(88)77(21)51(35-40(7)8)64(90)78(22)52(36-41(9)10)65(91)80(24)69(43(13)14,68(94)79(56)23)95-67(93)47-31-28-29-32-53(47)81/h25,27-29,31-32,38-46,48-52,55-57,81,83H,26,30,33-37H2,1-24H3,(H,70,85)(H,71,84)(H,72,87)(H,73,86)/b27-25+/t44-,45+,46-,48+,49+,50+,51+,52+,55+,56+,57-,69+/m1/s1. The molecule has 1 heterocycles. The normalized spacial score (nSPS) is 26.0. The van der Waals surface area contributed by atoms with Crippen molar-refractivity contribution in [2.45, 2.75) is 222 Å². The molecule has 0 aliphatic carbocycles. The average Bonchev–Trinajstić information content (AvgIpc) is 0.752. The Labute approximate surface area is 564 Å². The second-order valence-electron chi connectivity index (χ2n) is 28.1. The van der Waals surface area contributed by atoms with Crippen LogP contribution in [0.3, 0.4) is 0 Å². The SMILES string of the molecule is C/C=C/C[C@@H](C)[C@@H](O)[C@H]1C(=O)N[C@@H](CC)C(=O)N(C)CC(=O)N(C)[C@@H](CC(C)C)C(=O)N[C@@H](C(C)C)C(=O)N(C)[C@@H](CC(C)C)C(=O)N[C@@H](C)C(=O)N[C@H](C)C(=O)N(C)[C@@H](CC(C)C)C(=O)N(C)[C@@H](CC(C)C)C(=O)N(C)[C@](OC(=O)c2ccccc2O)(C(C)C)C(=O)N1C. The van der Waals surface area contributed by atoms with Gasteiger partial charge in [-0.25, -0.2) is 4.79 Å². The van der Waals surface area contributed by atoms with E-state index in [2.05, 4.69) is 21.3 Å². The second kappa shape index (κ2) is 37.0. The monoisotopic (exact) mass is 1340 g/mol. The van der Waals surface area contributed by atoms with E-state index in [4.69, 9.17) is 4.74 Å². The first-order chi connectivity index (χ1) is 44.0. The number of likely N-dealkylation sites (N-methyl/N-ethyl adjacent to an activating group) is 7. The Kier molecular flexibility index (Phi) is 32.5. The minimum Gasteiger partial charge on any atom is -0.507 e. The molecule has 0 radical (unpaired) electrons. The van der Waals surface area contributed by atoms with Gasteiger partial charge in [0.25, 0.3) is 11.6 Å². The van der Waals surface area contributed by atoms with Crippen molar-refractivity contribution in [1.82, 2.24) is 55.6 Å². The minimum absolute atomic E-state index is 0.0475. The van der Waals surface area contributed by atoms with Crippen molar-refractivity contribution in [3.63, 3.8) is 0 Å². The lowest BCUT2D eigenvalue weighted by atomic mass is 9.89. The number of aromatic hydroxyl groups is 1. The van der Waals surface area contributed by atoms with Crippen molar-refractivity contribution in [2.24, 2.45) is 41.4 Å². The molecule has 536 valence electrons. The van der Waals surface area contributed by atoms with E-state index in [0.717, 1.165) is 31.5 Å². The van der Waals surface area contributed by atoms with Crippen LogP contribution in [-0.2, 0) is 57.5 Å². The highest BCUT2D eigenvalue weighted by atomic mass is 16.6. The molecule has 2 rings (SSSR count). The second-order valence-corrected chi connectivity index (χ2v) is 28.1. The van der Waals surface area contributed by atoms with Gasteiger partial charge in [0.1, 0.15) is 65.7 Å². The van der Waals surface area contributed by atoms with Crippen molar-refractivity contribution >= 4 is 70.9 Å². The van der Waals surface area contributed by atoms with Gasteiger partial charge < -0.3 is 65.6 Å². The molecule has 0 unspecified atom stereocenters. The lowest BCUT2D eigenvalue weighted by Gasteiger charge is -2.47. The Hall–Kier alpha value is -7.64. The predicted octanol–water partition coefficient (Wildman–Crippen LogP) is 4.16. The molecule has 26 nitrogen and oxygen atoms in total. The topological polar surface area (TPSA) is 325 Å². The van der Waals surface area contributed by atoms with Crippen molar-refractivity contribution in [3.05, 3.63) is 42.0 Å². The van der Waals surface area contributed by atoms with E-state index in [0.29, 0.717) is 0 Å². The fourth-order valence-corrected chi connectivity index (χ4v) is 11.7. The lowest BCUT2D eigenvalue weighted by Crippen LogP contribution is -2.70. The van der Waals surface area contributed by atoms with E-state index < -0.39 is 173 Å². The molecule has 95 heavy (non-hydrogen) atoms. The third-order valence-corrected chi connectivity index (χ3v) is 17.7. The maximum Gasteiger partial charge on any atom is 0.344 e. The van der Waals surface area contributed by atoms with Crippen molar-refractivity contribution in [3.8, 4) is 5.75 Å². The summed E-state index contributed by atoms with van der Waals surface area (Å²) in [5, 5.41) is 34.3. The number of carbonyl (C=O) groups is 12. The van der Waals surface area contributed by atoms with Crippen LogP contribution in [0.25, 0.3) is 0 Å². The molecule has 1 aliphatic rings. The fraction of sp³-hybridized carbons (Fsp3) is 0.710. The van der Waals surface area contributed by atoms with Crippen LogP contribution in [0.1, 0.15) is 167 Å².